The Morgan fingerprint density at radius 1 is 0.826 bits per heavy atom. The Kier molecular flexibility index (Phi) is 3.81. The Bertz CT molecular complexity index is 887. The summed E-state index contributed by atoms with van der Waals surface area (Å²) in [6.07, 6.45) is 0. The van der Waals surface area contributed by atoms with Crippen molar-refractivity contribution in [1.29, 1.82) is 0 Å². The average molecular weight is 305 g/mol. The summed E-state index contributed by atoms with van der Waals surface area (Å²) < 4.78 is 0. The molecule has 0 aromatic heterocycles. The van der Waals surface area contributed by atoms with Crippen LogP contribution in [0.4, 0.5) is 5.69 Å². The lowest BCUT2D eigenvalue weighted by Gasteiger charge is -2.13. The number of nitro benzene ring substituents is 1. The summed E-state index contributed by atoms with van der Waals surface area (Å²) in [5, 5.41) is 21.7. The summed E-state index contributed by atoms with van der Waals surface area (Å²) >= 11 is 0. The first-order chi connectivity index (χ1) is 11.1. The topological polar surface area (TPSA) is 63.4 Å². The molecule has 0 saturated carbocycles. The number of phenols is 1. The summed E-state index contributed by atoms with van der Waals surface area (Å²) in [6, 6.07) is 19.3. The number of rotatable bonds is 3. The molecule has 0 amide bonds. The zero-order valence-electron chi connectivity index (χ0n) is 12.6. The Morgan fingerprint density at radius 2 is 1.43 bits per heavy atom. The van der Waals surface area contributed by atoms with Gasteiger partial charge in [-0.15, -0.1) is 0 Å². The molecule has 0 spiro atoms. The number of phenolic OH excluding ortho intramolecular Hbond substituents is 1. The van der Waals surface area contributed by atoms with Gasteiger partial charge in [0.15, 0.2) is 0 Å². The highest BCUT2D eigenvalue weighted by atomic mass is 16.6. The van der Waals surface area contributed by atoms with E-state index in [4.69, 9.17) is 0 Å². The highest BCUT2D eigenvalue weighted by molar-refractivity contribution is 5.92. The standard InChI is InChI=1S/C19H15NO3/c1-13-7-2-3-8-14(13)19-16(10-6-11-17(19)20(22)23)15-9-4-5-12-18(15)21/h2-12,21H,1H3. The number of aryl methyl sites for hydroxylation is 1. The van der Waals surface area contributed by atoms with E-state index in [0.29, 0.717) is 16.7 Å². The molecule has 0 radical (unpaired) electrons. The van der Waals surface area contributed by atoms with Crippen LogP contribution in [-0.2, 0) is 0 Å². The smallest absolute Gasteiger partial charge is 0.277 e. The third-order valence-electron chi connectivity index (χ3n) is 3.85. The lowest BCUT2D eigenvalue weighted by atomic mass is 9.90. The molecule has 0 aliphatic carbocycles. The zero-order valence-corrected chi connectivity index (χ0v) is 12.6. The average Bonchev–Trinajstić information content (AvgIpc) is 2.55. The lowest BCUT2D eigenvalue weighted by molar-refractivity contribution is -0.384. The van der Waals surface area contributed by atoms with Crippen LogP contribution in [0.25, 0.3) is 22.3 Å². The number of hydrogen-bond acceptors (Lipinski definition) is 3. The van der Waals surface area contributed by atoms with Crippen molar-refractivity contribution in [3.63, 3.8) is 0 Å². The van der Waals surface area contributed by atoms with Crippen molar-refractivity contribution >= 4 is 5.69 Å². The van der Waals surface area contributed by atoms with Crippen molar-refractivity contribution in [3.05, 3.63) is 82.4 Å². The van der Waals surface area contributed by atoms with E-state index in [0.717, 1.165) is 11.1 Å². The van der Waals surface area contributed by atoms with Gasteiger partial charge in [0.2, 0.25) is 0 Å². The number of benzene rings is 3. The predicted molar refractivity (Wildman–Crippen MR) is 90.4 cm³/mol. The molecule has 0 aliphatic heterocycles. The molecule has 4 heteroatoms. The molecule has 3 rings (SSSR count). The first-order valence-corrected chi connectivity index (χ1v) is 7.21. The van der Waals surface area contributed by atoms with Crippen molar-refractivity contribution in [2.75, 3.05) is 0 Å². The van der Waals surface area contributed by atoms with E-state index in [1.54, 1.807) is 36.4 Å². The van der Waals surface area contributed by atoms with E-state index < -0.39 is 0 Å². The molecule has 114 valence electrons. The Labute approximate surface area is 133 Å². The van der Waals surface area contributed by atoms with E-state index in [1.165, 1.54) is 6.07 Å². The fourth-order valence-corrected chi connectivity index (χ4v) is 2.75. The van der Waals surface area contributed by atoms with Crippen LogP contribution in [0, 0.1) is 17.0 Å². The third-order valence-corrected chi connectivity index (χ3v) is 3.85. The van der Waals surface area contributed by atoms with Gasteiger partial charge in [-0.05, 0) is 24.1 Å². The molecule has 23 heavy (non-hydrogen) atoms. The van der Waals surface area contributed by atoms with Crippen molar-refractivity contribution in [1.82, 2.24) is 0 Å². The molecular formula is C19H15NO3. The molecule has 0 atom stereocenters. The molecule has 0 fully saturated rings. The molecule has 0 aliphatic rings. The number of nitrogens with zero attached hydrogens (tertiary/aromatic N) is 1. The number of aromatic hydroxyl groups is 1. The van der Waals surface area contributed by atoms with Crippen molar-refractivity contribution in [3.8, 4) is 28.0 Å². The minimum atomic E-state index is -0.384. The Morgan fingerprint density at radius 3 is 2.09 bits per heavy atom. The quantitative estimate of drug-likeness (QED) is 0.550. The Hall–Kier alpha value is -3.14. The van der Waals surface area contributed by atoms with Gasteiger partial charge in [0.1, 0.15) is 5.75 Å². The van der Waals surface area contributed by atoms with Crippen LogP contribution in [0.3, 0.4) is 0 Å². The molecule has 0 heterocycles. The van der Waals surface area contributed by atoms with Gasteiger partial charge < -0.3 is 5.11 Å². The van der Waals surface area contributed by atoms with Crippen LogP contribution < -0.4 is 0 Å². The predicted octanol–water partition coefficient (Wildman–Crippen LogP) is 4.94. The van der Waals surface area contributed by atoms with Crippen LogP contribution in [0.5, 0.6) is 5.75 Å². The van der Waals surface area contributed by atoms with E-state index in [9.17, 15) is 15.2 Å². The summed E-state index contributed by atoms with van der Waals surface area (Å²) in [5.41, 5.74) is 3.51. The van der Waals surface area contributed by atoms with Crippen LogP contribution in [-0.4, -0.2) is 10.0 Å². The van der Waals surface area contributed by atoms with Crippen LogP contribution in [0.2, 0.25) is 0 Å². The molecule has 0 unspecified atom stereocenters. The SMILES string of the molecule is Cc1ccccc1-c1c(-c2ccccc2O)cccc1[N+](=O)[O-]. The van der Waals surface area contributed by atoms with E-state index in [-0.39, 0.29) is 16.4 Å². The Balaban J connectivity index is 2.39. The van der Waals surface area contributed by atoms with Gasteiger partial charge in [-0.25, -0.2) is 0 Å². The molecular weight excluding hydrogens is 290 g/mol. The van der Waals surface area contributed by atoms with E-state index in [1.807, 2.05) is 31.2 Å². The van der Waals surface area contributed by atoms with E-state index in [2.05, 4.69) is 0 Å². The number of hydrogen-bond donors (Lipinski definition) is 1. The highest BCUT2D eigenvalue weighted by Gasteiger charge is 2.22. The second-order valence-corrected chi connectivity index (χ2v) is 5.29. The van der Waals surface area contributed by atoms with Crippen molar-refractivity contribution < 1.29 is 10.0 Å². The van der Waals surface area contributed by atoms with E-state index >= 15 is 0 Å². The highest BCUT2D eigenvalue weighted by Crippen LogP contribution is 2.42. The molecule has 0 bridgehead atoms. The zero-order chi connectivity index (χ0) is 16.4. The lowest BCUT2D eigenvalue weighted by Crippen LogP contribution is -1.96. The monoisotopic (exact) mass is 305 g/mol. The largest absolute Gasteiger partial charge is 0.507 e. The van der Waals surface area contributed by atoms with Crippen LogP contribution in [0.1, 0.15) is 5.56 Å². The van der Waals surface area contributed by atoms with Crippen LogP contribution in [0.15, 0.2) is 66.7 Å². The maximum absolute atomic E-state index is 11.5. The van der Waals surface area contributed by atoms with Gasteiger partial charge in [-0.3, -0.25) is 10.1 Å². The summed E-state index contributed by atoms with van der Waals surface area (Å²) in [6.45, 7) is 1.92. The summed E-state index contributed by atoms with van der Waals surface area (Å²) in [7, 11) is 0. The molecule has 3 aromatic carbocycles. The number of para-hydroxylation sites is 1. The fraction of sp³-hybridized carbons (Fsp3) is 0.0526. The molecule has 0 saturated heterocycles. The van der Waals surface area contributed by atoms with Gasteiger partial charge in [-0.2, -0.15) is 0 Å². The maximum atomic E-state index is 11.5. The minimum absolute atomic E-state index is 0.0278. The second kappa shape index (κ2) is 5.93. The van der Waals surface area contributed by atoms with Gasteiger partial charge in [0, 0.05) is 17.2 Å². The van der Waals surface area contributed by atoms with Crippen molar-refractivity contribution in [2.24, 2.45) is 0 Å². The maximum Gasteiger partial charge on any atom is 0.277 e. The normalized spacial score (nSPS) is 10.5. The van der Waals surface area contributed by atoms with Crippen molar-refractivity contribution in [2.45, 2.75) is 6.92 Å². The first-order valence-electron chi connectivity index (χ1n) is 7.21. The fourth-order valence-electron chi connectivity index (χ4n) is 2.75. The minimum Gasteiger partial charge on any atom is -0.507 e. The van der Waals surface area contributed by atoms with Gasteiger partial charge in [0.05, 0.1) is 10.5 Å². The third kappa shape index (κ3) is 2.66. The molecule has 3 aromatic rings. The second-order valence-electron chi connectivity index (χ2n) is 5.29. The van der Waals surface area contributed by atoms with Gasteiger partial charge >= 0.3 is 0 Å². The first kappa shape index (κ1) is 14.8. The molecule has 4 nitrogen and oxygen atoms in total. The molecule has 1 N–H and O–H groups in total. The van der Waals surface area contributed by atoms with Gasteiger partial charge in [0.25, 0.3) is 5.69 Å². The summed E-state index contributed by atoms with van der Waals surface area (Å²) in [4.78, 5) is 11.1. The summed E-state index contributed by atoms with van der Waals surface area (Å²) in [5.74, 6) is 0.0998. The number of nitro groups is 1. The van der Waals surface area contributed by atoms with Crippen LogP contribution >= 0.6 is 0 Å². The van der Waals surface area contributed by atoms with Gasteiger partial charge in [-0.1, -0.05) is 54.6 Å².